The Bertz CT molecular complexity index is 1400. The lowest BCUT2D eigenvalue weighted by Crippen LogP contribution is -2.52. The monoisotopic (exact) mass is 632 g/mol. The number of aromatic hydroxyl groups is 1. The van der Waals surface area contributed by atoms with Gasteiger partial charge in [-0.3, -0.25) is 33.0 Å². The highest BCUT2D eigenvalue weighted by Gasteiger charge is 2.38. The summed E-state index contributed by atoms with van der Waals surface area (Å²) in [5.41, 5.74) is 1.16. The number of unbranched alkanes of at least 4 members (excludes halogenated alkanes) is 1. The van der Waals surface area contributed by atoms with E-state index in [2.05, 4.69) is 25.4 Å². The molecule has 0 spiro atoms. The van der Waals surface area contributed by atoms with Crippen LogP contribution in [0.4, 0.5) is 0 Å². The van der Waals surface area contributed by atoms with E-state index in [4.69, 9.17) is 4.74 Å². The molecule has 2 aromatic carbocycles. The molecule has 238 valence electrons. The molecule has 0 aromatic heterocycles. The van der Waals surface area contributed by atoms with E-state index in [1.54, 1.807) is 24.3 Å². The van der Waals surface area contributed by atoms with Gasteiger partial charge < -0.3 is 30.5 Å². The van der Waals surface area contributed by atoms with Gasteiger partial charge in [0, 0.05) is 19.4 Å². The second-order valence-electron chi connectivity index (χ2n) is 10.5. The summed E-state index contributed by atoms with van der Waals surface area (Å²) in [7, 11) is -2.11. The van der Waals surface area contributed by atoms with Crippen LogP contribution < -0.4 is 25.4 Å². The van der Waals surface area contributed by atoms with Gasteiger partial charge in [-0.15, -0.1) is 10.8 Å². The van der Waals surface area contributed by atoms with Crippen LogP contribution in [0, 0.1) is 0 Å². The maximum Gasteiger partial charge on any atom is 0.345 e. The van der Waals surface area contributed by atoms with Gasteiger partial charge in [-0.25, -0.2) is 4.79 Å². The first-order valence-electron chi connectivity index (χ1n) is 14.1. The summed E-state index contributed by atoms with van der Waals surface area (Å²) in [6.07, 6.45) is 1.62. The number of benzene rings is 2. The maximum atomic E-state index is 13.2. The number of hydrogen-bond donors (Lipinski definition) is 7. The second kappa shape index (κ2) is 14.4. The van der Waals surface area contributed by atoms with Crippen molar-refractivity contribution < 1.29 is 47.7 Å². The third-order valence-corrected chi connectivity index (χ3v) is 9.05. The first-order chi connectivity index (χ1) is 21.0. The molecule has 14 nitrogen and oxygen atoms in total. The van der Waals surface area contributed by atoms with Crippen LogP contribution in [0.25, 0.3) is 0 Å². The molecular formula is C29H36N4O10S. The van der Waals surface area contributed by atoms with E-state index < -0.39 is 51.8 Å². The van der Waals surface area contributed by atoms with Crippen molar-refractivity contribution in [3.8, 4) is 11.5 Å². The Kier molecular flexibility index (Phi) is 10.7. The van der Waals surface area contributed by atoms with Crippen molar-refractivity contribution in [1.29, 1.82) is 0 Å². The molecule has 0 aliphatic carbocycles. The molecule has 4 amide bonds. The summed E-state index contributed by atoms with van der Waals surface area (Å²) in [4.78, 5) is 61.2. The highest BCUT2D eigenvalue weighted by molar-refractivity contribution is 8.23. The van der Waals surface area contributed by atoms with E-state index in [1.807, 2.05) is 0 Å². The van der Waals surface area contributed by atoms with Gasteiger partial charge in [0.15, 0.2) is 0 Å². The number of amides is 4. The minimum atomic E-state index is -3.31. The molecule has 2 heterocycles. The fourth-order valence-corrected chi connectivity index (χ4v) is 6.44. The van der Waals surface area contributed by atoms with E-state index in [9.17, 15) is 38.2 Å². The largest absolute Gasteiger partial charge is 0.507 e. The lowest BCUT2D eigenvalue weighted by Gasteiger charge is -2.32. The predicted molar refractivity (Wildman–Crippen MR) is 159 cm³/mol. The normalized spacial score (nSPS) is 20.2. The molecule has 0 radical (unpaired) electrons. The van der Waals surface area contributed by atoms with Gasteiger partial charge in [-0.05, 0) is 42.5 Å². The van der Waals surface area contributed by atoms with Gasteiger partial charge in [0.05, 0.1) is 20.1 Å². The van der Waals surface area contributed by atoms with Crippen molar-refractivity contribution in [2.75, 3.05) is 20.3 Å². The SMILES string of the molecule is COC(=O)c1c(O)cccc1OCCCCNC(=O)[C@H](Cc1ccc(C2CC(=O)NS2(O)O)cc1)NC(=O)[C@@H]1CCC(=O)N1. The topological polar surface area (TPSA) is 213 Å². The summed E-state index contributed by atoms with van der Waals surface area (Å²) in [5.74, 6) is -2.41. The Balaban J connectivity index is 1.33. The average Bonchev–Trinajstić information content (AvgIpc) is 3.55. The molecule has 1 unspecified atom stereocenters. The summed E-state index contributed by atoms with van der Waals surface area (Å²) in [6, 6.07) is 9.42. The fraction of sp³-hybridized carbons (Fsp3) is 0.414. The molecule has 15 heteroatoms. The van der Waals surface area contributed by atoms with Crippen LogP contribution in [-0.2, 0) is 30.3 Å². The predicted octanol–water partition coefficient (Wildman–Crippen LogP) is 1.69. The minimum absolute atomic E-state index is 0.0544. The zero-order valence-electron chi connectivity index (χ0n) is 24.0. The molecular weight excluding hydrogens is 596 g/mol. The van der Waals surface area contributed by atoms with Crippen LogP contribution in [0.2, 0.25) is 0 Å². The number of rotatable bonds is 13. The van der Waals surface area contributed by atoms with Gasteiger partial charge in [-0.2, -0.15) is 0 Å². The van der Waals surface area contributed by atoms with Gasteiger partial charge in [0.2, 0.25) is 23.6 Å². The van der Waals surface area contributed by atoms with E-state index in [1.165, 1.54) is 25.3 Å². The van der Waals surface area contributed by atoms with Crippen molar-refractivity contribution in [3.63, 3.8) is 0 Å². The number of carbonyl (C=O) groups is 5. The first-order valence-corrected chi connectivity index (χ1v) is 15.7. The fourth-order valence-electron chi connectivity index (χ4n) is 4.96. The molecule has 2 aromatic rings. The molecule has 2 aliphatic rings. The standard InChI is InChI=1S/C29H36N4O10S/c1-42-29(39)26-21(34)5-4-6-22(26)43-14-3-2-13-30-27(37)20(32-28(38)19-11-12-24(35)31-19)15-17-7-9-18(10-8-17)23-16-25(36)33-44(23,40)41/h4-10,19-20,23,34,40-41H,2-3,11-16H2,1H3,(H,30,37)(H,31,35)(H,32,38)(H,33,36)/t19-,20-,23?/m0/s1. The van der Waals surface area contributed by atoms with Crippen LogP contribution >= 0.6 is 10.8 Å². The molecule has 2 fully saturated rings. The van der Waals surface area contributed by atoms with Crippen LogP contribution in [0.15, 0.2) is 42.5 Å². The Morgan fingerprint density at radius 1 is 1.07 bits per heavy atom. The molecule has 0 saturated carbocycles. The van der Waals surface area contributed by atoms with Crippen LogP contribution in [0.3, 0.4) is 0 Å². The second-order valence-corrected chi connectivity index (χ2v) is 12.4. The van der Waals surface area contributed by atoms with Gasteiger partial charge >= 0.3 is 5.97 Å². The van der Waals surface area contributed by atoms with Crippen molar-refractivity contribution >= 4 is 40.4 Å². The maximum absolute atomic E-state index is 13.2. The number of phenolic OH excluding ortho intramolecular Hbond substituents is 1. The lowest BCUT2D eigenvalue weighted by atomic mass is 10.0. The van der Waals surface area contributed by atoms with Crippen molar-refractivity contribution in [3.05, 3.63) is 59.2 Å². The molecule has 0 bridgehead atoms. The van der Waals surface area contributed by atoms with E-state index >= 15 is 0 Å². The molecule has 2 aliphatic heterocycles. The van der Waals surface area contributed by atoms with Gasteiger partial charge in [-0.1, -0.05) is 30.3 Å². The average molecular weight is 633 g/mol. The lowest BCUT2D eigenvalue weighted by molar-refractivity contribution is -0.130. The molecule has 2 saturated heterocycles. The highest BCUT2D eigenvalue weighted by atomic mass is 32.3. The Morgan fingerprint density at radius 2 is 1.82 bits per heavy atom. The smallest absolute Gasteiger partial charge is 0.345 e. The van der Waals surface area contributed by atoms with Crippen molar-refractivity contribution in [1.82, 2.24) is 20.7 Å². The number of carbonyl (C=O) groups excluding carboxylic acids is 5. The number of hydrogen-bond acceptors (Lipinski definition) is 10. The van der Waals surface area contributed by atoms with Gasteiger partial charge in [0.1, 0.15) is 34.4 Å². The van der Waals surface area contributed by atoms with Crippen LogP contribution in [0.1, 0.15) is 58.8 Å². The Labute approximate surface area is 255 Å². The summed E-state index contributed by atoms with van der Waals surface area (Å²) in [6.45, 7) is 0.460. The third-order valence-electron chi connectivity index (χ3n) is 7.29. The zero-order valence-corrected chi connectivity index (χ0v) is 24.9. The number of phenols is 1. The van der Waals surface area contributed by atoms with E-state index in [0.717, 1.165) is 0 Å². The molecule has 44 heavy (non-hydrogen) atoms. The molecule has 7 N–H and O–H groups in total. The highest BCUT2D eigenvalue weighted by Crippen LogP contribution is 2.56. The zero-order chi connectivity index (χ0) is 31.9. The Morgan fingerprint density at radius 3 is 2.45 bits per heavy atom. The van der Waals surface area contributed by atoms with Crippen molar-refractivity contribution in [2.45, 2.75) is 55.9 Å². The molecule has 3 atom stereocenters. The Hall–Kier alpha value is -4.34. The summed E-state index contributed by atoms with van der Waals surface area (Å²) in [5, 5.41) is 17.3. The van der Waals surface area contributed by atoms with Crippen molar-refractivity contribution in [2.24, 2.45) is 0 Å². The molecule has 4 rings (SSSR count). The summed E-state index contributed by atoms with van der Waals surface area (Å²) < 4.78 is 32.9. The van der Waals surface area contributed by atoms with Crippen LogP contribution in [0.5, 0.6) is 11.5 Å². The number of ether oxygens (including phenoxy) is 2. The first kappa shape index (κ1) is 32.6. The quantitative estimate of drug-likeness (QED) is 0.125. The van der Waals surface area contributed by atoms with Crippen LogP contribution in [-0.4, -0.2) is 76.2 Å². The third kappa shape index (κ3) is 8.18. The van der Waals surface area contributed by atoms with E-state index in [-0.39, 0.29) is 55.4 Å². The van der Waals surface area contributed by atoms with Gasteiger partial charge in [0.25, 0.3) is 0 Å². The summed E-state index contributed by atoms with van der Waals surface area (Å²) >= 11 is 0. The van der Waals surface area contributed by atoms with E-state index in [0.29, 0.717) is 30.4 Å². The number of methoxy groups -OCH3 is 1. The number of esters is 1. The number of nitrogens with one attached hydrogen (secondary N) is 4. The minimum Gasteiger partial charge on any atom is -0.507 e.